The van der Waals surface area contributed by atoms with Gasteiger partial charge in [0.15, 0.2) is 0 Å². The van der Waals surface area contributed by atoms with Gasteiger partial charge in [-0.1, -0.05) is 46.7 Å². The molecule has 112 valence electrons. The summed E-state index contributed by atoms with van der Waals surface area (Å²) in [4.78, 5) is 15.9. The maximum atomic E-state index is 12.0. The Morgan fingerprint density at radius 1 is 1.48 bits per heavy atom. The molecule has 1 amide bonds. The van der Waals surface area contributed by atoms with Crippen molar-refractivity contribution in [2.24, 2.45) is 0 Å². The highest BCUT2D eigenvalue weighted by atomic mass is 79.9. The van der Waals surface area contributed by atoms with Crippen LogP contribution in [-0.2, 0) is 4.79 Å². The first-order chi connectivity index (χ1) is 10.1. The number of nitrogen functional groups attached to an aromatic ring is 1. The number of hydrogen-bond donors (Lipinski definition) is 3. The molecule has 0 spiro atoms. The minimum atomic E-state index is -0.0573. The zero-order chi connectivity index (χ0) is 15.2. The summed E-state index contributed by atoms with van der Waals surface area (Å²) in [6.07, 6.45) is 0.825. The lowest BCUT2D eigenvalue weighted by atomic mass is 10.0. The third-order valence-corrected chi connectivity index (χ3v) is 4.21. The molecular formula is C13H16BrN5OS. The highest BCUT2D eigenvalue weighted by Crippen LogP contribution is 2.20. The highest BCUT2D eigenvalue weighted by Gasteiger charge is 2.13. The number of carbonyl (C=O) groups excluding carboxylic acids is 1. The molecule has 2 aromatic rings. The van der Waals surface area contributed by atoms with Crippen molar-refractivity contribution < 1.29 is 4.79 Å². The fraction of sp³-hybridized carbons (Fsp3) is 0.308. The van der Waals surface area contributed by atoms with Gasteiger partial charge < -0.3 is 11.1 Å². The van der Waals surface area contributed by atoms with Crippen LogP contribution in [0.3, 0.4) is 0 Å². The second kappa shape index (κ2) is 7.46. The number of H-pyrrole nitrogens is 1. The zero-order valence-electron chi connectivity index (χ0n) is 11.5. The van der Waals surface area contributed by atoms with Crippen LogP contribution in [0.4, 0.5) is 5.95 Å². The van der Waals surface area contributed by atoms with Crippen LogP contribution in [0.25, 0.3) is 0 Å². The van der Waals surface area contributed by atoms with Crippen LogP contribution in [0.5, 0.6) is 0 Å². The predicted molar refractivity (Wildman–Crippen MR) is 86.8 cm³/mol. The SMILES string of the molecule is CC[C@H](NC(=O)CSc1n[nH]c(N)n1)c1ccc(Br)cc1. The smallest absolute Gasteiger partial charge is 0.230 e. The number of aromatic amines is 1. The summed E-state index contributed by atoms with van der Waals surface area (Å²) in [6.45, 7) is 2.04. The fourth-order valence-electron chi connectivity index (χ4n) is 1.80. The summed E-state index contributed by atoms with van der Waals surface area (Å²) in [6, 6.07) is 7.94. The minimum Gasteiger partial charge on any atom is -0.368 e. The molecule has 0 fully saturated rings. The van der Waals surface area contributed by atoms with Crippen LogP contribution in [0.1, 0.15) is 24.9 Å². The van der Waals surface area contributed by atoms with Crippen LogP contribution in [-0.4, -0.2) is 26.8 Å². The highest BCUT2D eigenvalue weighted by molar-refractivity contribution is 9.10. The summed E-state index contributed by atoms with van der Waals surface area (Å²) in [5, 5.41) is 9.89. The van der Waals surface area contributed by atoms with E-state index in [-0.39, 0.29) is 23.7 Å². The van der Waals surface area contributed by atoms with E-state index >= 15 is 0 Å². The zero-order valence-corrected chi connectivity index (χ0v) is 13.9. The number of halogens is 1. The van der Waals surface area contributed by atoms with Gasteiger partial charge in [-0.15, -0.1) is 5.10 Å². The number of aromatic nitrogens is 3. The standard InChI is InChI=1S/C13H16BrN5OS/c1-2-10(8-3-5-9(14)6-4-8)16-11(20)7-21-13-17-12(15)18-19-13/h3-6,10H,2,7H2,1H3,(H,16,20)(H3,15,17,18,19)/t10-/m0/s1. The second-order valence-electron chi connectivity index (χ2n) is 4.37. The summed E-state index contributed by atoms with van der Waals surface area (Å²) in [5.74, 6) is 0.446. The molecule has 1 heterocycles. The summed E-state index contributed by atoms with van der Waals surface area (Å²) in [7, 11) is 0. The lowest BCUT2D eigenvalue weighted by Gasteiger charge is -2.17. The van der Waals surface area contributed by atoms with Crippen LogP contribution in [0.15, 0.2) is 33.9 Å². The van der Waals surface area contributed by atoms with Gasteiger partial charge in [-0.05, 0) is 24.1 Å². The molecule has 8 heteroatoms. The summed E-state index contributed by atoms with van der Waals surface area (Å²) in [5.41, 5.74) is 6.51. The number of hydrogen-bond acceptors (Lipinski definition) is 5. The number of carbonyl (C=O) groups is 1. The van der Waals surface area contributed by atoms with Crippen molar-refractivity contribution in [2.45, 2.75) is 24.5 Å². The molecule has 0 saturated heterocycles. The molecule has 2 rings (SSSR count). The molecule has 0 radical (unpaired) electrons. The molecule has 0 aliphatic heterocycles. The minimum absolute atomic E-state index is 0.00316. The van der Waals surface area contributed by atoms with E-state index in [0.717, 1.165) is 16.5 Å². The van der Waals surface area contributed by atoms with E-state index in [0.29, 0.717) is 5.16 Å². The van der Waals surface area contributed by atoms with Crippen molar-refractivity contribution in [1.29, 1.82) is 0 Å². The number of nitrogens with two attached hydrogens (primary N) is 1. The Balaban J connectivity index is 1.89. The first-order valence-corrected chi connectivity index (χ1v) is 8.22. The van der Waals surface area contributed by atoms with Gasteiger partial charge >= 0.3 is 0 Å². The van der Waals surface area contributed by atoms with Gasteiger partial charge in [0.05, 0.1) is 11.8 Å². The molecule has 6 nitrogen and oxygen atoms in total. The Hall–Kier alpha value is -1.54. The third-order valence-electron chi connectivity index (χ3n) is 2.83. The Labute approximate surface area is 135 Å². The van der Waals surface area contributed by atoms with E-state index in [1.54, 1.807) is 0 Å². The molecule has 1 atom stereocenters. The van der Waals surface area contributed by atoms with Crippen molar-refractivity contribution in [3.05, 3.63) is 34.3 Å². The number of benzene rings is 1. The Morgan fingerprint density at radius 3 is 2.76 bits per heavy atom. The topological polar surface area (TPSA) is 96.7 Å². The maximum Gasteiger partial charge on any atom is 0.230 e. The van der Waals surface area contributed by atoms with Crippen molar-refractivity contribution in [3.8, 4) is 0 Å². The molecule has 0 aliphatic rings. The van der Waals surface area contributed by atoms with Crippen molar-refractivity contribution in [1.82, 2.24) is 20.5 Å². The van der Waals surface area contributed by atoms with Gasteiger partial charge in [0.25, 0.3) is 0 Å². The molecule has 4 N–H and O–H groups in total. The van der Waals surface area contributed by atoms with Crippen molar-refractivity contribution >= 4 is 39.5 Å². The number of rotatable bonds is 6. The average molecular weight is 370 g/mol. The lowest BCUT2D eigenvalue weighted by molar-refractivity contribution is -0.119. The van der Waals surface area contributed by atoms with Crippen LogP contribution < -0.4 is 11.1 Å². The van der Waals surface area contributed by atoms with E-state index in [1.165, 1.54) is 11.8 Å². The van der Waals surface area contributed by atoms with Crippen molar-refractivity contribution in [3.63, 3.8) is 0 Å². The van der Waals surface area contributed by atoms with Gasteiger partial charge in [0.2, 0.25) is 17.0 Å². The van der Waals surface area contributed by atoms with E-state index in [4.69, 9.17) is 5.73 Å². The first kappa shape index (κ1) is 15.8. The van der Waals surface area contributed by atoms with Gasteiger partial charge in [-0.3, -0.25) is 4.79 Å². The third kappa shape index (κ3) is 4.75. The monoisotopic (exact) mass is 369 g/mol. The quantitative estimate of drug-likeness (QED) is 0.679. The Kier molecular flexibility index (Phi) is 5.63. The molecule has 0 unspecified atom stereocenters. The Morgan fingerprint density at radius 2 is 2.19 bits per heavy atom. The first-order valence-electron chi connectivity index (χ1n) is 6.44. The van der Waals surface area contributed by atoms with Gasteiger partial charge in [-0.25, -0.2) is 5.10 Å². The molecule has 1 aromatic heterocycles. The van der Waals surface area contributed by atoms with Gasteiger partial charge in [-0.2, -0.15) is 4.98 Å². The molecule has 0 saturated carbocycles. The molecule has 21 heavy (non-hydrogen) atoms. The molecule has 0 bridgehead atoms. The predicted octanol–water partition coefficient (Wildman–Crippen LogP) is 2.51. The van der Waals surface area contributed by atoms with Crippen molar-refractivity contribution in [2.75, 3.05) is 11.5 Å². The number of amides is 1. The molecular weight excluding hydrogens is 354 g/mol. The van der Waals surface area contributed by atoms with Crippen LogP contribution in [0, 0.1) is 0 Å². The van der Waals surface area contributed by atoms with Gasteiger partial charge in [0, 0.05) is 4.47 Å². The van der Waals surface area contributed by atoms with Gasteiger partial charge in [0.1, 0.15) is 0 Å². The number of nitrogens with one attached hydrogen (secondary N) is 2. The molecule has 1 aromatic carbocycles. The van der Waals surface area contributed by atoms with E-state index < -0.39 is 0 Å². The normalized spacial score (nSPS) is 12.1. The number of nitrogens with zero attached hydrogens (tertiary/aromatic N) is 2. The largest absolute Gasteiger partial charge is 0.368 e. The molecule has 0 aliphatic carbocycles. The fourth-order valence-corrected chi connectivity index (χ4v) is 2.69. The number of anilines is 1. The second-order valence-corrected chi connectivity index (χ2v) is 6.23. The maximum absolute atomic E-state index is 12.0. The number of thioether (sulfide) groups is 1. The van der Waals surface area contributed by atoms with E-state index in [9.17, 15) is 4.79 Å². The lowest BCUT2D eigenvalue weighted by Crippen LogP contribution is -2.29. The summed E-state index contributed by atoms with van der Waals surface area (Å²) >= 11 is 4.65. The average Bonchev–Trinajstić information content (AvgIpc) is 2.89. The van der Waals surface area contributed by atoms with E-state index in [2.05, 4.69) is 36.4 Å². The summed E-state index contributed by atoms with van der Waals surface area (Å²) < 4.78 is 1.02. The van der Waals surface area contributed by atoms with Crippen LogP contribution >= 0.6 is 27.7 Å². The van der Waals surface area contributed by atoms with E-state index in [1.807, 2.05) is 31.2 Å². The Bertz CT molecular complexity index is 601. The van der Waals surface area contributed by atoms with Crippen LogP contribution in [0.2, 0.25) is 0 Å².